The van der Waals surface area contributed by atoms with Crippen molar-refractivity contribution in [3.05, 3.63) is 126 Å². The Hall–Kier alpha value is -4.38. The van der Waals surface area contributed by atoms with Crippen molar-refractivity contribution in [3.8, 4) is 5.75 Å². The quantitative estimate of drug-likeness (QED) is 0.266. The highest BCUT2D eigenvalue weighted by Crippen LogP contribution is 2.36. The largest absolute Gasteiger partial charge is 0.497 e. The zero-order chi connectivity index (χ0) is 28.9. The first-order valence-corrected chi connectivity index (χ1v) is 15.6. The molecule has 41 heavy (non-hydrogen) atoms. The molecule has 0 saturated heterocycles. The lowest BCUT2D eigenvalue weighted by Gasteiger charge is -2.17. The van der Waals surface area contributed by atoms with Crippen LogP contribution in [0.25, 0.3) is 21.8 Å². The van der Waals surface area contributed by atoms with Crippen molar-refractivity contribution < 1.29 is 26.7 Å². The van der Waals surface area contributed by atoms with Gasteiger partial charge in [0, 0.05) is 17.0 Å². The van der Waals surface area contributed by atoms with Crippen molar-refractivity contribution in [2.24, 2.45) is 0 Å². The molecule has 0 amide bonds. The molecule has 6 rings (SSSR count). The van der Waals surface area contributed by atoms with Crippen LogP contribution in [0.5, 0.6) is 5.75 Å². The first kappa shape index (κ1) is 26.8. The maximum atomic E-state index is 13.9. The monoisotopic (exact) mass is 586 g/mol. The number of nitrogens with zero attached hydrogens (tertiary/aromatic N) is 2. The molecule has 6 aromatic rings. The molecule has 0 aliphatic carbocycles. The average molecular weight is 587 g/mol. The molecule has 0 aliphatic heterocycles. The minimum atomic E-state index is -4.09. The predicted octanol–water partition coefficient (Wildman–Crippen LogP) is 5.47. The standard InChI is InChI=1S/C31H26N2O6S2/c1-21-20-32(40(35,36)25-9-5-3-6-10-25)29-15-13-22(18-27(21)29)31(34)30-19-23-17-24(39-2)14-16-28(23)33(30)41(37,38)26-11-7-4-8-12-26/h3-20,31,34H,1-2H3. The van der Waals surface area contributed by atoms with Gasteiger partial charge in [-0.1, -0.05) is 42.5 Å². The van der Waals surface area contributed by atoms with E-state index in [9.17, 15) is 21.9 Å². The molecule has 0 radical (unpaired) electrons. The van der Waals surface area contributed by atoms with Crippen LogP contribution in [0.2, 0.25) is 0 Å². The Labute approximate surface area is 237 Å². The molecule has 4 aromatic carbocycles. The SMILES string of the molecule is COc1ccc2c(c1)cc(C(O)c1ccc3c(c1)c(C)cn3S(=O)(=O)c1ccccc1)n2S(=O)(=O)c1ccccc1. The van der Waals surface area contributed by atoms with Crippen molar-refractivity contribution in [2.45, 2.75) is 22.8 Å². The number of aliphatic hydroxyl groups is 1. The van der Waals surface area contributed by atoms with Crippen LogP contribution in [0, 0.1) is 6.92 Å². The van der Waals surface area contributed by atoms with Crippen molar-refractivity contribution in [3.63, 3.8) is 0 Å². The molecular formula is C31H26N2O6S2. The van der Waals surface area contributed by atoms with Crippen LogP contribution in [-0.4, -0.2) is 37.0 Å². The third-order valence-corrected chi connectivity index (χ3v) is 10.6. The second kappa shape index (κ2) is 9.91. The predicted molar refractivity (Wildman–Crippen MR) is 157 cm³/mol. The van der Waals surface area contributed by atoms with E-state index < -0.39 is 26.2 Å². The van der Waals surface area contributed by atoms with Crippen LogP contribution in [0.3, 0.4) is 0 Å². The van der Waals surface area contributed by atoms with Gasteiger partial charge in [-0.2, -0.15) is 0 Å². The third-order valence-electron chi connectivity index (χ3n) is 7.16. The summed E-state index contributed by atoms with van der Waals surface area (Å²) in [6, 6.07) is 27.8. The maximum absolute atomic E-state index is 13.9. The minimum Gasteiger partial charge on any atom is -0.497 e. The lowest BCUT2D eigenvalue weighted by molar-refractivity contribution is 0.215. The van der Waals surface area contributed by atoms with Gasteiger partial charge in [-0.25, -0.2) is 24.8 Å². The van der Waals surface area contributed by atoms with Crippen LogP contribution < -0.4 is 4.74 Å². The number of aryl methyl sites for hydroxylation is 1. The normalized spacial score (nSPS) is 13.0. The van der Waals surface area contributed by atoms with Gasteiger partial charge in [0.15, 0.2) is 0 Å². The molecule has 2 heterocycles. The Morgan fingerprint density at radius 1 is 0.732 bits per heavy atom. The van der Waals surface area contributed by atoms with Crippen LogP contribution in [0.15, 0.2) is 119 Å². The van der Waals surface area contributed by atoms with E-state index in [1.807, 2.05) is 0 Å². The molecule has 10 heteroatoms. The molecule has 0 aliphatic rings. The Bertz CT molecular complexity index is 2130. The summed E-state index contributed by atoms with van der Waals surface area (Å²) in [7, 11) is -6.42. The lowest BCUT2D eigenvalue weighted by atomic mass is 10.0. The smallest absolute Gasteiger partial charge is 0.268 e. The summed E-state index contributed by atoms with van der Waals surface area (Å²) in [6.07, 6.45) is 0.205. The van der Waals surface area contributed by atoms with Gasteiger partial charge in [-0.3, -0.25) is 0 Å². The van der Waals surface area contributed by atoms with E-state index >= 15 is 0 Å². The second-order valence-corrected chi connectivity index (χ2v) is 13.3. The number of hydrogen-bond donors (Lipinski definition) is 1. The second-order valence-electron chi connectivity index (χ2n) is 9.68. The fourth-order valence-electron chi connectivity index (χ4n) is 5.10. The van der Waals surface area contributed by atoms with Gasteiger partial charge in [0.2, 0.25) is 0 Å². The molecule has 2 aromatic heterocycles. The highest BCUT2D eigenvalue weighted by Gasteiger charge is 2.28. The van der Waals surface area contributed by atoms with Crippen molar-refractivity contribution in [1.29, 1.82) is 0 Å². The summed E-state index contributed by atoms with van der Waals surface area (Å²) in [6.45, 7) is 1.79. The van der Waals surface area contributed by atoms with Crippen LogP contribution in [0.1, 0.15) is 22.9 Å². The fourth-order valence-corrected chi connectivity index (χ4v) is 8.11. The molecule has 0 bridgehead atoms. The Balaban J connectivity index is 1.52. The van der Waals surface area contributed by atoms with E-state index in [1.165, 1.54) is 35.3 Å². The minimum absolute atomic E-state index is 0.0799. The first-order chi connectivity index (χ1) is 19.6. The van der Waals surface area contributed by atoms with Gasteiger partial charge in [0.1, 0.15) is 11.9 Å². The Morgan fingerprint density at radius 3 is 1.98 bits per heavy atom. The summed E-state index contributed by atoms with van der Waals surface area (Å²) < 4.78 is 62.2. The number of ether oxygens (including phenoxy) is 1. The number of aromatic nitrogens is 2. The molecule has 208 valence electrons. The summed E-state index contributed by atoms with van der Waals surface area (Å²) in [5.74, 6) is 0.547. The van der Waals surface area contributed by atoms with Gasteiger partial charge in [0.05, 0.1) is 33.6 Å². The zero-order valence-corrected chi connectivity index (χ0v) is 23.8. The lowest BCUT2D eigenvalue weighted by Crippen LogP contribution is -2.18. The molecule has 0 spiro atoms. The van der Waals surface area contributed by atoms with E-state index in [0.717, 1.165) is 3.97 Å². The number of hydrogen-bond acceptors (Lipinski definition) is 6. The van der Waals surface area contributed by atoms with E-state index in [-0.39, 0.29) is 15.5 Å². The third kappa shape index (κ3) is 4.40. The topological polar surface area (TPSA) is 108 Å². The number of benzene rings is 4. The van der Waals surface area contributed by atoms with Crippen LogP contribution >= 0.6 is 0 Å². The molecular weight excluding hydrogens is 560 g/mol. The highest BCUT2D eigenvalue weighted by molar-refractivity contribution is 7.90. The number of rotatable bonds is 7. The van der Waals surface area contributed by atoms with E-state index in [2.05, 4.69) is 0 Å². The Kier molecular flexibility index (Phi) is 6.49. The molecule has 1 unspecified atom stereocenters. The van der Waals surface area contributed by atoms with Crippen LogP contribution in [0.4, 0.5) is 0 Å². The molecule has 0 fully saturated rings. The van der Waals surface area contributed by atoms with Crippen molar-refractivity contribution in [2.75, 3.05) is 7.11 Å². The average Bonchev–Trinajstić information content (AvgIpc) is 3.55. The van der Waals surface area contributed by atoms with E-state index in [4.69, 9.17) is 4.74 Å². The van der Waals surface area contributed by atoms with E-state index in [1.54, 1.807) is 92.0 Å². The summed E-state index contributed by atoms with van der Waals surface area (Å²) >= 11 is 0. The number of aliphatic hydroxyl groups excluding tert-OH is 1. The fraction of sp³-hybridized carbons (Fsp3) is 0.0968. The maximum Gasteiger partial charge on any atom is 0.268 e. The molecule has 0 saturated carbocycles. The van der Waals surface area contributed by atoms with E-state index in [0.29, 0.717) is 38.7 Å². The van der Waals surface area contributed by atoms with Crippen LogP contribution in [-0.2, 0) is 20.0 Å². The van der Waals surface area contributed by atoms with Gasteiger partial charge >= 0.3 is 0 Å². The molecule has 1 atom stereocenters. The van der Waals surface area contributed by atoms with Gasteiger partial charge in [0.25, 0.3) is 20.0 Å². The highest BCUT2D eigenvalue weighted by atomic mass is 32.2. The number of fused-ring (bicyclic) bond motifs is 2. The van der Waals surface area contributed by atoms with Gasteiger partial charge in [-0.15, -0.1) is 0 Å². The van der Waals surface area contributed by atoms with Gasteiger partial charge < -0.3 is 9.84 Å². The van der Waals surface area contributed by atoms with Crippen molar-refractivity contribution in [1.82, 2.24) is 7.94 Å². The zero-order valence-electron chi connectivity index (χ0n) is 22.2. The van der Waals surface area contributed by atoms with Crippen molar-refractivity contribution >= 4 is 41.9 Å². The number of methoxy groups -OCH3 is 1. The summed E-state index contributed by atoms with van der Waals surface area (Å²) in [5.41, 5.74) is 2.08. The summed E-state index contributed by atoms with van der Waals surface area (Å²) in [5, 5.41) is 12.9. The Morgan fingerprint density at radius 2 is 1.34 bits per heavy atom. The summed E-state index contributed by atoms with van der Waals surface area (Å²) in [4.78, 5) is 0.239. The molecule has 1 N–H and O–H groups in total. The van der Waals surface area contributed by atoms with Gasteiger partial charge in [-0.05, 0) is 78.7 Å². The molecule has 8 nitrogen and oxygen atoms in total. The first-order valence-electron chi connectivity index (χ1n) is 12.7.